The van der Waals surface area contributed by atoms with Crippen LogP contribution in [0.5, 0.6) is 0 Å². The molecule has 2 heteroatoms. The van der Waals surface area contributed by atoms with Crippen LogP contribution in [0.25, 0.3) is 0 Å². The molecule has 3 N–H and O–H groups in total. The third-order valence-corrected chi connectivity index (χ3v) is 2.93. The Bertz CT molecular complexity index is 181. The normalized spacial score (nSPS) is 20.1. The molecule has 1 rings (SSSR count). The SMILES string of the molecule is CC(C)CC(C)(C)CNCC1(N)CC1. The minimum absolute atomic E-state index is 0.147. The molecule has 0 amide bonds. The molecule has 0 spiro atoms. The molecule has 1 aliphatic carbocycles. The Labute approximate surface area is 88.6 Å². The fourth-order valence-electron chi connectivity index (χ4n) is 2.16. The van der Waals surface area contributed by atoms with E-state index in [0.29, 0.717) is 5.41 Å². The largest absolute Gasteiger partial charge is 0.324 e. The van der Waals surface area contributed by atoms with Gasteiger partial charge in [-0.25, -0.2) is 0 Å². The summed E-state index contributed by atoms with van der Waals surface area (Å²) in [5.74, 6) is 0.777. The molecule has 0 aromatic carbocycles. The van der Waals surface area contributed by atoms with Crippen LogP contribution in [0, 0.1) is 11.3 Å². The molecular formula is C12H26N2. The van der Waals surface area contributed by atoms with E-state index in [1.165, 1.54) is 19.3 Å². The van der Waals surface area contributed by atoms with Crippen molar-refractivity contribution in [3.63, 3.8) is 0 Å². The minimum atomic E-state index is 0.147. The first-order valence-electron chi connectivity index (χ1n) is 5.83. The van der Waals surface area contributed by atoms with Crippen molar-refractivity contribution in [2.75, 3.05) is 13.1 Å². The van der Waals surface area contributed by atoms with Gasteiger partial charge in [-0.15, -0.1) is 0 Å². The Balaban J connectivity index is 2.15. The van der Waals surface area contributed by atoms with Crippen molar-refractivity contribution in [2.45, 2.75) is 52.5 Å². The van der Waals surface area contributed by atoms with E-state index in [4.69, 9.17) is 5.73 Å². The Kier molecular flexibility index (Phi) is 3.59. The van der Waals surface area contributed by atoms with Gasteiger partial charge in [0.25, 0.3) is 0 Å². The monoisotopic (exact) mass is 198 g/mol. The summed E-state index contributed by atoms with van der Waals surface area (Å²) in [5.41, 5.74) is 6.56. The maximum absolute atomic E-state index is 6.01. The molecule has 1 fully saturated rings. The Morgan fingerprint density at radius 1 is 1.36 bits per heavy atom. The highest BCUT2D eigenvalue weighted by Gasteiger charge is 2.37. The Morgan fingerprint density at radius 3 is 2.36 bits per heavy atom. The van der Waals surface area contributed by atoms with Crippen LogP contribution in [0.3, 0.4) is 0 Å². The first-order chi connectivity index (χ1) is 6.33. The summed E-state index contributed by atoms with van der Waals surface area (Å²) in [6.07, 6.45) is 3.67. The summed E-state index contributed by atoms with van der Waals surface area (Å²) in [6, 6.07) is 0. The lowest BCUT2D eigenvalue weighted by Gasteiger charge is -2.27. The molecule has 2 nitrogen and oxygen atoms in total. The second-order valence-corrected chi connectivity index (χ2v) is 6.23. The molecule has 0 aromatic heterocycles. The van der Waals surface area contributed by atoms with Crippen molar-refractivity contribution < 1.29 is 0 Å². The predicted molar refractivity (Wildman–Crippen MR) is 62.3 cm³/mol. The molecule has 0 aliphatic heterocycles. The topological polar surface area (TPSA) is 38.0 Å². The third kappa shape index (κ3) is 4.43. The highest BCUT2D eigenvalue weighted by molar-refractivity contribution is 5.00. The summed E-state index contributed by atoms with van der Waals surface area (Å²) in [4.78, 5) is 0. The van der Waals surface area contributed by atoms with E-state index in [0.717, 1.165) is 19.0 Å². The Morgan fingerprint density at radius 2 is 1.93 bits per heavy atom. The first-order valence-corrected chi connectivity index (χ1v) is 5.83. The van der Waals surface area contributed by atoms with Gasteiger partial charge in [-0.05, 0) is 30.6 Å². The number of hydrogen-bond donors (Lipinski definition) is 2. The summed E-state index contributed by atoms with van der Waals surface area (Å²) in [7, 11) is 0. The molecule has 0 aromatic rings. The molecule has 0 unspecified atom stereocenters. The van der Waals surface area contributed by atoms with Gasteiger partial charge in [0, 0.05) is 18.6 Å². The number of nitrogens with two attached hydrogens (primary N) is 1. The van der Waals surface area contributed by atoms with Crippen molar-refractivity contribution >= 4 is 0 Å². The average molecular weight is 198 g/mol. The van der Waals surface area contributed by atoms with Crippen LogP contribution in [-0.2, 0) is 0 Å². The number of rotatable bonds is 6. The zero-order valence-corrected chi connectivity index (χ0v) is 10.2. The zero-order valence-electron chi connectivity index (χ0n) is 10.2. The smallest absolute Gasteiger partial charge is 0.0282 e. The van der Waals surface area contributed by atoms with Crippen LogP contribution < -0.4 is 11.1 Å². The van der Waals surface area contributed by atoms with E-state index >= 15 is 0 Å². The number of nitrogens with one attached hydrogen (secondary N) is 1. The molecule has 1 aliphatic rings. The molecule has 14 heavy (non-hydrogen) atoms. The average Bonchev–Trinajstić information content (AvgIpc) is 2.64. The van der Waals surface area contributed by atoms with Crippen LogP contribution in [0.1, 0.15) is 47.0 Å². The van der Waals surface area contributed by atoms with Crippen LogP contribution in [0.2, 0.25) is 0 Å². The fraction of sp³-hybridized carbons (Fsp3) is 1.00. The lowest BCUT2D eigenvalue weighted by atomic mass is 9.84. The molecule has 0 saturated heterocycles. The summed E-state index contributed by atoms with van der Waals surface area (Å²) >= 11 is 0. The zero-order chi connectivity index (χ0) is 10.8. The van der Waals surface area contributed by atoms with Crippen molar-refractivity contribution in [3.8, 4) is 0 Å². The van der Waals surface area contributed by atoms with E-state index < -0.39 is 0 Å². The quantitative estimate of drug-likeness (QED) is 0.686. The summed E-state index contributed by atoms with van der Waals surface area (Å²) < 4.78 is 0. The van der Waals surface area contributed by atoms with E-state index in [2.05, 4.69) is 33.0 Å². The molecule has 0 atom stereocenters. The molecule has 0 heterocycles. The first kappa shape index (κ1) is 12.0. The van der Waals surface area contributed by atoms with Gasteiger partial charge in [0.1, 0.15) is 0 Å². The van der Waals surface area contributed by atoms with Crippen LogP contribution in [0.15, 0.2) is 0 Å². The van der Waals surface area contributed by atoms with Gasteiger partial charge in [0.15, 0.2) is 0 Å². The van der Waals surface area contributed by atoms with Crippen molar-refractivity contribution in [1.82, 2.24) is 5.32 Å². The van der Waals surface area contributed by atoms with Crippen molar-refractivity contribution in [3.05, 3.63) is 0 Å². The van der Waals surface area contributed by atoms with Crippen LogP contribution in [-0.4, -0.2) is 18.6 Å². The van der Waals surface area contributed by atoms with E-state index in [1.807, 2.05) is 0 Å². The van der Waals surface area contributed by atoms with Crippen molar-refractivity contribution in [2.24, 2.45) is 17.1 Å². The van der Waals surface area contributed by atoms with Gasteiger partial charge in [-0.3, -0.25) is 0 Å². The highest BCUT2D eigenvalue weighted by Crippen LogP contribution is 2.31. The highest BCUT2D eigenvalue weighted by atomic mass is 15.0. The maximum atomic E-state index is 6.01. The maximum Gasteiger partial charge on any atom is 0.0282 e. The number of hydrogen-bond acceptors (Lipinski definition) is 2. The summed E-state index contributed by atoms with van der Waals surface area (Å²) in [5, 5.41) is 3.51. The fourth-order valence-corrected chi connectivity index (χ4v) is 2.16. The van der Waals surface area contributed by atoms with Gasteiger partial charge in [0.2, 0.25) is 0 Å². The predicted octanol–water partition coefficient (Wildman–Crippen LogP) is 2.14. The molecule has 0 bridgehead atoms. The van der Waals surface area contributed by atoms with E-state index in [-0.39, 0.29) is 5.54 Å². The van der Waals surface area contributed by atoms with E-state index in [9.17, 15) is 0 Å². The third-order valence-electron chi connectivity index (χ3n) is 2.93. The van der Waals surface area contributed by atoms with Gasteiger partial charge in [0.05, 0.1) is 0 Å². The van der Waals surface area contributed by atoms with E-state index in [1.54, 1.807) is 0 Å². The second kappa shape index (κ2) is 4.19. The summed E-state index contributed by atoms with van der Waals surface area (Å²) in [6.45, 7) is 11.3. The Hall–Kier alpha value is -0.0800. The second-order valence-electron chi connectivity index (χ2n) is 6.23. The van der Waals surface area contributed by atoms with Gasteiger partial charge < -0.3 is 11.1 Å². The van der Waals surface area contributed by atoms with Gasteiger partial charge in [-0.2, -0.15) is 0 Å². The van der Waals surface area contributed by atoms with Gasteiger partial charge in [-0.1, -0.05) is 27.7 Å². The molecule has 0 radical (unpaired) electrons. The van der Waals surface area contributed by atoms with Crippen LogP contribution >= 0.6 is 0 Å². The van der Waals surface area contributed by atoms with Gasteiger partial charge >= 0.3 is 0 Å². The standard InChI is InChI=1S/C12H26N2/c1-10(2)7-11(3,4)8-14-9-12(13)5-6-12/h10,14H,5-9,13H2,1-4H3. The lowest BCUT2D eigenvalue weighted by Crippen LogP contribution is -2.40. The minimum Gasteiger partial charge on any atom is -0.324 e. The molecular weight excluding hydrogens is 172 g/mol. The van der Waals surface area contributed by atoms with Crippen molar-refractivity contribution in [1.29, 1.82) is 0 Å². The lowest BCUT2D eigenvalue weighted by molar-refractivity contribution is 0.270. The van der Waals surface area contributed by atoms with Crippen LogP contribution in [0.4, 0.5) is 0 Å². The molecule has 84 valence electrons. The molecule has 1 saturated carbocycles.